The number of imide groups is 1. The Hall–Kier alpha value is -2.19. The van der Waals surface area contributed by atoms with Crippen LogP contribution in [0, 0.1) is 11.3 Å². The maximum Gasteiger partial charge on any atom is 0.416 e. The molecule has 2 amide bonds. The van der Waals surface area contributed by atoms with E-state index in [1.807, 2.05) is 6.07 Å². The first-order valence-corrected chi connectivity index (χ1v) is 8.43. The number of rotatable bonds is 2. The molecule has 1 heterocycles. The highest BCUT2D eigenvalue weighted by Crippen LogP contribution is 2.39. The van der Waals surface area contributed by atoms with Crippen molar-refractivity contribution in [3.63, 3.8) is 0 Å². The lowest BCUT2D eigenvalue weighted by atomic mass is 10.2. The molecule has 0 aliphatic heterocycles. The zero-order valence-electron chi connectivity index (χ0n) is 13.2. The number of benzene rings is 1. The van der Waals surface area contributed by atoms with Crippen molar-refractivity contribution in [2.75, 3.05) is 4.90 Å². The maximum absolute atomic E-state index is 13.0. The Kier molecular flexibility index (Phi) is 5.58. The largest absolute Gasteiger partial charge is 0.416 e. The fourth-order valence-electron chi connectivity index (χ4n) is 2.25. The van der Waals surface area contributed by atoms with Crippen LogP contribution in [-0.2, 0) is 15.8 Å². The zero-order valence-corrected chi connectivity index (χ0v) is 16.4. The van der Waals surface area contributed by atoms with Crippen molar-refractivity contribution in [1.82, 2.24) is 9.78 Å². The number of hydrogen-bond acceptors (Lipinski definition) is 4. The van der Waals surface area contributed by atoms with Gasteiger partial charge in [-0.3, -0.25) is 9.59 Å². The van der Waals surface area contributed by atoms with Gasteiger partial charge >= 0.3 is 6.18 Å². The van der Waals surface area contributed by atoms with E-state index in [-0.39, 0.29) is 26.0 Å². The summed E-state index contributed by atoms with van der Waals surface area (Å²) in [6.45, 7) is 2.24. The average Bonchev–Trinajstić information content (AvgIpc) is 2.88. The normalized spacial score (nSPS) is 11.2. The first-order valence-electron chi connectivity index (χ1n) is 6.85. The molecule has 0 bridgehead atoms. The zero-order chi connectivity index (χ0) is 19.8. The van der Waals surface area contributed by atoms with Gasteiger partial charge in [0.15, 0.2) is 5.82 Å². The minimum absolute atomic E-state index is 0.0000869. The molecule has 1 aromatic carbocycles. The van der Waals surface area contributed by atoms with E-state index in [0.717, 1.165) is 41.8 Å². The molecular formula is C15H9Br2F3N4O2. The molecule has 0 N–H and O–H groups in total. The smallest absolute Gasteiger partial charge is 0.274 e. The topological polar surface area (TPSA) is 79.0 Å². The van der Waals surface area contributed by atoms with Crippen molar-refractivity contribution in [3.05, 3.63) is 38.4 Å². The Morgan fingerprint density at radius 2 is 1.69 bits per heavy atom. The van der Waals surface area contributed by atoms with Gasteiger partial charge in [-0.05, 0) is 44.0 Å². The number of amides is 2. The summed E-state index contributed by atoms with van der Waals surface area (Å²) >= 11 is 6.11. The molecule has 0 fully saturated rings. The minimum Gasteiger partial charge on any atom is -0.274 e. The third-order valence-corrected chi connectivity index (χ3v) is 4.47. The van der Waals surface area contributed by atoms with E-state index in [4.69, 9.17) is 0 Å². The van der Waals surface area contributed by atoms with Crippen LogP contribution in [0.3, 0.4) is 0 Å². The first-order chi connectivity index (χ1) is 12.0. The summed E-state index contributed by atoms with van der Waals surface area (Å²) in [4.78, 5) is 24.5. The molecule has 0 radical (unpaired) electrons. The van der Waals surface area contributed by atoms with Crippen LogP contribution in [0.4, 0.5) is 19.0 Å². The van der Waals surface area contributed by atoms with E-state index < -0.39 is 23.6 Å². The van der Waals surface area contributed by atoms with Gasteiger partial charge in [0, 0.05) is 22.8 Å². The quantitative estimate of drug-likeness (QED) is 0.628. The summed E-state index contributed by atoms with van der Waals surface area (Å²) < 4.78 is 39.9. The molecule has 0 spiro atoms. The fraction of sp³-hybridized carbons (Fsp3) is 0.200. The van der Waals surface area contributed by atoms with E-state index in [1.54, 1.807) is 0 Å². The summed E-state index contributed by atoms with van der Waals surface area (Å²) in [5.74, 6) is -1.50. The number of alkyl halides is 3. The standard InChI is InChI=1S/C15H9Br2F3N4O2/c1-7(25)23(8(2)26)14-9(5-21)6-22-24(14)13-11(16)3-10(4-12(13)17)15(18,19)20/h3-4,6H,1-2H3. The van der Waals surface area contributed by atoms with Crippen LogP contribution in [0.25, 0.3) is 5.69 Å². The van der Waals surface area contributed by atoms with E-state index in [9.17, 15) is 28.0 Å². The second kappa shape index (κ2) is 7.20. The Labute approximate surface area is 162 Å². The van der Waals surface area contributed by atoms with E-state index >= 15 is 0 Å². The summed E-state index contributed by atoms with van der Waals surface area (Å²) in [7, 11) is 0. The van der Waals surface area contributed by atoms with Gasteiger partial charge in [-0.15, -0.1) is 0 Å². The van der Waals surface area contributed by atoms with Crippen LogP contribution < -0.4 is 4.90 Å². The summed E-state index contributed by atoms with van der Waals surface area (Å²) in [6, 6.07) is 3.48. The van der Waals surface area contributed by atoms with Gasteiger partial charge in [-0.2, -0.15) is 23.5 Å². The van der Waals surface area contributed by atoms with Gasteiger partial charge in [-0.1, -0.05) is 0 Å². The molecule has 1 aromatic heterocycles. The van der Waals surface area contributed by atoms with Gasteiger partial charge in [0.05, 0.1) is 17.4 Å². The summed E-state index contributed by atoms with van der Waals surface area (Å²) in [5.41, 5.74) is -0.902. The Bertz CT molecular complexity index is 910. The molecule has 136 valence electrons. The predicted octanol–water partition coefficient (Wildman–Crippen LogP) is 4.19. The van der Waals surface area contributed by atoms with Gasteiger partial charge < -0.3 is 0 Å². The third kappa shape index (κ3) is 3.66. The molecule has 11 heteroatoms. The highest BCUT2D eigenvalue weighted by atomic mass is 79.9. The number of aromatic nitrogens is 2. The Balaban J connectivity index is 2.80. The molecular weight excluding hydrogens is 485 g/mol. The van der Waals surface area contributed by atoms with Gasteiger partial charge in [0.25, 0.3) is 0 Å². The number of hydrogen-bond donors (Lipinski definition) is 0. The van der Waals surface area contributed by atoms with Crippen LogP contribution in [-0.4, -0.2) is 21.6 Å². The summed E-state index contributed by atoms with van der Waals surface area (Å²) in [6.07, 6.45) is -3.45. The van der Waals surface area contributed by atoms with E-state index in [1.165, 1.54) is 0 Å². The van der Waals surface area contributed by atoms with Crippen molar-refractivity contribution in [3.8, 4) is 11.8 Å². The van der Waals surface area contributed by atoms with Crippen molar-refractivity contribution < 1.29 is 22.8 Å². The van der Waals surface area contributed by atoms with Crippen LogP contribution in [0.15, 0.2) is 27.3 Å². The van der Waals surface area contributed by atoms with Crippen molar-refractivity contribution >= 4 is 49.5 Å². The number of nitriles is 1. The number of anilines is 1. The second-order valence-electron chi connectivity index (χ2n) is 5.07. The van der Waals surface area contributed by atoms with Crippen LogP contribution in [0.2, 0.25) is 0 Å². The molecule has 0 unspecified atom stereocenters. The van der Waals surface area contributed by atoms with Gasteiger partial charge in [0.2, 0.25) is 11.8 Å². The van der Waals surface area contributed by atoms with Crippen LogP contribution >= 0.6 is 31.9 Å². The number of nitrogens with zero attached hydrogens (tertiary/aromatic N) is 4. The van der Waals surface area contributed by atoms with E-state index in [0.29, 0.717) is 0 Å². The predicted molar refractivity (Wildman–Crippen MR) is 92.5 cm³/mol. The summed E-state index contributed by atoms with van der Waals surface area (Å²) in [5, 5.41) is 13.2. The molecule has 2 aromatic rings. The molecule has 0 aliphatic rings. The molecule has 6 nitrogen and oxygen atoms in total. The highest BCUT2D eigenvalue weighted by molar-refractivity contribution is 9.11. The molecule has 2 rings (SSSR count). The van der Waals surface area contributed by atoms with Gasteiger partial charge in [0.1, 0.15) is 11.6 Å². The lowest BCUT2D eigenvalue weighted by Crippen LogP contribution is -2.35. The third-order valence-electron chi connectivity index (χ3n) is 3.26. The molecule has 0 atom stereocenters. The second-order valence-corrected chi connectivity index (χ2v) is 6.77. The Morgan fingerprint density at radius 3 is 2.08 bits per heavy atom. The molecule has 0 saturated heterocycles. The van der Waals surface area contributed by atoms with Crippen molar-refractivity contribution in [2.45, 2.75) is 20.0 Å². The number of carbonyl (C=O) groups excluding carboxylic acids is 2. The molecule has 0 aliphatic carbocycles. The number of halogens is 5. The maximum atomic E-state index is 13.0. The minimum atomic E-state index is -4.57. The van der Waals surface area contributed by atoms with E-state index in [2.05, 4.69) is 37.0 Å². The molecule has 0 saturated carbocycles. The lowest BCUT2D eigenvalue weighted by Gasteiger charge is -2.20. The molecule has 26 heavy (non-hydrogen) atoms. The van der Waals surface area contributed by atoms with Crippen LogP contribution in [0.1, 0.15) is 25.0 Å². The SMILES string of the molecule is CC(=O)N(C(C)=O)c1c(C#N)cnn1-c1c(Br)cc(C(F)(F)F)cc1Br. The monoisotopic (exact) mass is 492 g/mol. The Morgan fingerprint density at radius 1 is 1.19 bits per heavy atom. The number of carbonyl (C=O) groups is 2. The lowest BCUT2D eigenvalue weighted by molar-refractivity contribution is -0.137. The van der Waals surface area contributed by atoms with Crippen LogP contribution in [0.5, 0.6) is 0 Å². The van der Waals surface area contributed by atoms with Crippen molar-refractivity contribution in [2.24, 2.45) is 0 Å². The van der Waals surface area contributed by atoms with Crippen molar-refractivity contribution in [1.29, 1.82) is 5.26 Å². The highest BCUT2D eigenvalue weighted by Gasteiger charge is 2.33. The fourth-order valence-corrected chi connectivity index (χ4v) is 3.77. The van der Waals surface area contributed by atoms with Gasteiger partial charge in [-0.25, -0.2) is 9.58 Å². The average molecular weight is 494 g/mol. The first kappa shape index (κ1) is 20.1.